The van der Waals surface area contributed by atoms with Gasteiger partial charge in [-0.05, 0) is 26.0 Å². The van der Waals surface area contributed by atoms with Crippen molar-refractivity contribution in [2.45, 2.75) is 13.8 Å². The molecule has 0 saturated carbocycles. The van der Waals surface area contributed by atoms with Gasteiger partial charge < -0.3 is 9.84 Å². The van der Waals surface area contributed by atoms with Gasteiger partial charge >= 0.3 is 5.97 Å². The number of carbonyl (C=O) groups is 1. The van der Waals surface area contributed by atoms with Gasteiger partial charge in [-0.15, -0.1) is 11.3 Å². The Labute approximate surface area is 135 Å². The molecule has 0 amide bonds. The Kier molecular flexibility index (Phi) is 4.98. The van der Waals surface area contributed by atoms with Crippen LogP contribution in [0.4, 0.5) is 0 Å². The smallest absolute Gasteiger partial charge is 0.351 e. The molecule has 1 N–H and O–H groups in total. The number of hydrogen-bond acceptors (Lipinski definition) is 6. The zero-order valence-electron chi connectivity index (χ0n) is 12.6. The van der Waals surface area contributed by atoms with E-state index in [9.17, 15) is 20.0 Å². The Hall–Kier alpha value is -2.85. The lowest BCUT2D eigenvalue weighted by Gasteiger charge is -2.03. The summed E-state index contributed by atoms with van der Waals surface area (Å²) in [6.45, 7) is 3.12. The Bertz CT molecular complexity index is 945. The first kappa shape index (κ1) is 16.5. The molecule has 23 heavy (non-hydrogen) atoms. The van der Waals surface area contributed by atoms with E-state index in [0.29, 0.717) is 5.69 Å². The third-order valence-corrected chi connectivity index (χ3v) is 4.20. The molecule has 0 aliphatic rings. The van der Waals surface area contributed by atoms with Crippen molar-refractivity contribution in [1.82, 2.24) is 4.57 Å². The van der Waals surface area contributed by atoms with Crippen LogP contribution in [0.1, 0.15) is 13.8 Å². The second-order valence-electron chi connectivity index (χ2n) is 4.51. The Morgan fingerprint density at radius 3 is 2.57 bits per heavy atom. The van der Waals surface area contributed by atoms with Crippen LogP contribution in [0.25, 0.3) is 17.0 Å². The monoisotopic (exact) mass is 330 g/mol. The van der Waals surface area contributed by atoms with Crippen LogP contribution >= 0.6 is 11.3 Å². The van der Waals surface area contributed by atoms with Gasteiger partial charge in [0.2, 0.25) is 0 Å². The molecule has 6 nitrogen and oxygen atoms in total. The summed E-state index contributed by atoms with van der Waals surface area (Å²) in [4.78, 5) is 24.5. The van der Waals surface area contributed by atoms with E-state index in [0.717, 1.165) is 11.3 Å². The molecule has 1 aromatic carbocycles. The standard InChI is InChI=1S/C16H14N2O4S/c1-3-22-16(21)12(9-17)15-18(11-7-5-4-6-8-11)14(20)13(23-15)10(2)19/h4-8,19H,3H2,1-2H3/b13-10-,15-12-. The molecule has 0 saturated heterocycles. The van der Waals surface area contributed by atoms with Gasteiger partial charge in [-0.3, -0.25) is 9.36 Å². The van der Waals surface area contributed by atoms with Crippen molar-refractivity contribution in [1.29, 1.82) is 5.26 Å². The van der Waals surface area contributed by atoms with E-state index in [1.165, 1.54) is 11.5 Å². The largest absolute Gasteiger partial charge is 0.511 e. The summed E-state index contributed by atoms with van der Waals surface area (Å²) in [5, 5.41) is 19.0. The molecule has 1 aromatic heterocycles. The number of esters is 1. The number of ether oxygens (including phenoxy) is 1. The van der Waals surface area contributed by atoms with Crippen molar-refractivity contribution in [2.24, 2.45) is 0 Å². The summed E-state index contributed by atoms with van der Waals surface area (Å²) >= 11 is 0.879. The number of aliphatic hydroxyl groups excluding tert-OH is 1. The summed E-state index contributed by atoms with van der Waals surface area (Å²) in [5.41, 5.74) is -0.271. The van der Waals surface area contributed by atoms with Gasteiger partial charge in [0.05, 0.1) is 12.3 Å². The number of nitriles is 1. The van der Waals surface area contributed by atoms with Gasteiger partial charge in [-0.2, -0.15) is 5.26 Å². The second kappa shape index (κ2) is 6.94. The first-order valence-electron chi connectivity index (χ1n) is 6.80. The molecule has 118 valence electrons. The van der Waals surface area contributed by atoms with Crippen LogP contribution in [0.15, 0.2) is 35.1 Å². The number of aliphatic hydroxyl groups is 1. The highest BCUT2D eigenvalue weighted by Gasteiger charge is 2.18. The molecule has 0 unspecified atom stereocenters. The van der Waals surface area contributed by atoms with E-state index in [4.69, 9.17) is 4.74 Å². The van der Waals surface area contributed by atoms with Crippen molar-refractivity contribution in [3.63, 3.8) is 0 Å². The summed E-state index contributed by atoms with van der Waals surface area (Å²) in [7, 11) is 0. The molecular formula is C16H14N2O4S. The van der Waals surface area contributed by atoms with Crippen LogP contribution < -0.4 is 14.8 Å². The van der Waals surface area contributed by atoms with Gasteiger partial charge in [-0.25, -0.2) is 4.79 Å². The fourth-order valence-electron chi connectivity index (χ4n) is 1.97. The SMILES string of the molecule is CCOC(=O)/C(C#N)=c1\s/c(=C(/C)O)c(=O)n1-c1ccccc1. The Morgan fingerprint density at radius 1 is 1.39 bits per heavy atom. The summed E-state index contributed by atoms with van der Waals surface area (Å²) in [5.74, 6) is -0.972. The minimum atomic E-state index is -0.803. The predicted octanol–water partition coefficient (Wildman–Crippen LogP) is 0.822. The van der Waals surface area contributed by atoms with Crippen LogP contribution in [-0.2, 0) is 9.53 Å². The normalized spacial score (nSPS) is 13.1. The summed E-state index contributed by atoms with van der Waals surface area (Å²) < 4.78 is 6.31. The van der Waals surface area contributed by atoms with Gasteiger partial charge in [0.1, 0.15) is 21.0 Å². The fourth-order valence-corrected chi connectivity index (χ4v) is 3.00. The molecule has 0 atom stereocenters. The van der Waals surface area contributed by atoms with Crippen molar-refractivity contribution in [2.75, 3.05) is 6.61 Å². The van der Waals surface area contributed by atoms with E-state index >= 15 is 0 Å². The summed E-state index contributed by atoms with van der Waals surface area (Å²) in [6, 6.07) is 10.4. The van der Waals surface area contributed by atoms with E-state index in [1.807, 2.05) is 0 Å². The lowest BCUT2D eigenvalue weighted by atomic mass is 10.3. The van der Waals surface area contributed by atoms with Crippen molar-refractivity contribution in [3.8, 4) is 11.8 Å². The molecule has 2 rings (SSSR count). The number of hydrogen-bond donors (Lipinski definition) is 1. The maximum Gasteiger partial charge on any atom is 0.351 e. The topological polar surface area (TPSA) is 92.3 Å². The minimum Gasteiger partial charge on any atom is -0.511 e. The fraction of sp³-hybridized carbons (Fsp3) is 0.188. The van der Waals surface area contributed by atoms with Crippen molar-refractivity contribution >= 4 is 28.6 Å². The zero-order chi connectivity index (χ0) is 17.0. The third-order valence-electron chi connectivity index (χ3n) is 2.95. The summed E-state index contributed by atoms with van der Waals surface area (Å²) in [6.07, 6.45) is 0. The zero-order valence-corrected chi connectivity index (χ0v) is 13.4. The van der Waals surface area contributed by atoms with Crippen molar-refractivity contribution < 1.29 is 14.6 Å². The van der Waals surface area contributed by atoms with Crippen LogP contribution in [0.5, 0.6) is 0 Å². The highest BCUT2D eigenvalue weighted by Crippen LogP contribution is 2.04. The van der Waals surface area contributed by atoms with Crippen molar-refractivity contribution in [3.05, 3.63) is 49.9 Å². The quantitative estimate of drug-likeness (QED) is 0.841. The average Bonchev–Trinajstić information content (AvgIpc) is 2.87. The molecule has 2 aromatic rings. The first-order chi connectivity index (χ1) is 11.0. The molecule has 1 heterocycles. The molecule has 0 bridgehead atoms. The second-order valence-corrected chi connectivity index (χ2v) is 5.50. The third kappa shape index (κ3) is 3.17. The molecule has 0 radical (unpaired) electrons. The maximum absolute atomic E-state index is 12.6. The number of carbonyl (C=O) groups excluding carboxylic acids is 1. The van der Waals surface area contributed by atoms with Crippen LogP contribution in [0, 0.1) is 11.3 Å². The molecule has 0 fully saturated rings. The number of nitrogens with zero attached hydrogens (tertiary/aromatic N) is 2. The predicted molar refractivity (Wildman–Crippen MR) is 86.5 cm³/mol. The minimum absolute atomic E-state index is 0.0703. The molecule has 0 aliphatic carbocycles. The number of para-hydroxylation sites is 1. The lowest BCUT2D eigenvalue weighted by Crippen LogP contribution is -2.32. The first-order valence-corrected chi connectivity index (χ1v) is 7.61. The van der Waals surface area contributed by atoms with E-state index in [1.54, 1.807) is 43.3 Å². The van der Waals surface area contributed by atoms with Gasteiger partial charge in [0.15, 0.2) is 5.57 Å². The van der Waals surface area contributed by atoms with Crippen LogP contribution in [-0.4, -0.2) is 22.2 Å². The lowest BCUT2D eigenvalue weighted by molar-refractivity contribution is -0.136. The molecule has 0 aliphatic heterocycles. The highest BCUT2D eigenvalue weighted by molar-refractivity contribution is 7.07. The number of thiazole rings is 1. The van der Waals surface area contributed by atoms with E-state index in [-0.39, 0.29) is 27.1 Å². The van der Waals surface area contributed by atoms with Gasteiger partial charge in [0, 0.05) is 0 Å². The van der Waals surface area contributed by atoms with Crippen LogP contribution in [0.3, 0.4) is 0 Å². The van der Waals surface area contributed by atoms with Crippen LogP contribution in [0.2, 0.25) is 0 Å². The molecule has 0 spiro atoms. The molecular weight excluding hydrogens is 316 g/mol. The van der Waals surface area contributed by atoms with Gasteiger partial charge in [-0.1, -0.05) is 18.2 Å². The Balaban J connectivity index is 2.98. The molecule has 7 heteroatoms. The average molecular weight is 330 g/mol. The number of rotatable bonds is 3. The maximum atomic E-state index is 12.6. The number of aromatic nitrogens is 1. The van der Waals surface area contributed by atoms with E-state index in [2.05, 4.69) is 0 Å². The van der Waals surface area contributed by atoms with Gasteiger partial charge in [0.25, 0.3) is 5.56 Å². The van der Waals surface area contributed by atoms with E-state index < -0.39 is 11.5 Å². The highest BCUT2D eigenvalue weighted by atomic mass is 32.1. The Morgan fingerprint density at radius 2 is 2.04 bits per heavy atom. The number of benzene rings is 1.